The molecule has 0 fully saturated rings. The van der Waals surface area contributed by atoms with E-state index in [1.165, 1.54) is 6.08 Å². The highest BCUT2D eigenvalue weighted by Gasteiger charge is 2.15. The number of aryl methyl sites for hydroxylation is 1. The molecular weight excluding hydrogens is 340 g/mol. The lowest BCUT2D eigenvalue weighted by molar-refractivity contribution is -0.130. The van der Waals surface area contributed by atoms with Crippen LogP contribution in [-0.4, -0.2) is 36.9 Å². The molecule has 1 N–H and O–H groups in total. The number of ether oxygens (including phenoxy) is 1. The fourth-order valence-corrected chi connectivity index (χ4v) is 2.63. The van der Waals surface area contributed by atoms with E-state index in [0.717, 1.165) is 29.0 Å². The van der Waals surface area contributed by atoms with E-state index in [1.54, 1.807) is 18.1 Å². The number of carbonyl (C=O) groups excluding carboxylic acids is 2. The van der Waals surface area contributed by atoms with Gasteiger partial charge in [0.15, 0.2) is 0 Å². The minimum absolute atomic E-state index is 0.0173. The van der Waals surface area contributed by atoms with E-state index >= 15 is 0 Å². The van der Waals surface area contributed by atoms with Gasteiger partial charge in [0, 0.05) is 18.3 Å². The van der Waals surface area contributed by atoms with Gasteiger partial charge in [-0.15, -0.1) is 0 Å². The number of hydrogen-bond acceptors (Lipinski definition) is 3. The summed E-state index contributed by atoms with van der Waals surface area (Å²) < 4.78 is 5.18. The van der Waals surface area contributed by atoms with Crippen molar-refractivity contribution in [1.29, 1.82) is 0 Å². The highest BCUT2D eigenvalue weighted by Crippen LogP contribution is 2.15. The van der Waals surface area contributed by atoms with E-state index in [9.17, 15) is 9.59 Å². The molecule has 0 saturated carbocycles. The van der Waals surface area contributed by atoms with Crippen LogP contribution in [0, 0.1) is 6.92 Å². The Hall–Kier alpha value is -3.08. The van der Waals surface area contributed by atoms with Crippen molar-refractivity contribution in [3.63, 3.8) is 0 Å². The standard InChI is InChI=1S/C22H26N2O3/c1-4-14-24(16-21(25)23-20-11-6-5-8-17(20)2)22(26)13-12-18-9-7-10-19(15-18)27-3/h5-13,15H,4,14,16H2,1-3H3,(H,23,25)/b13-12+. The van der Waals surface area contributed by atoms with Crippen molar-refractivity contribution in [2.45, 2.75) is 20.3 Å². The molecule has 5 nitrogen and oxygen atoms in total. The molecule has 0 radical (unpaired) electrons. The monoisotopic (exact) mass is 366 g/mol. The number of methoxy groups -OCH3 is 1. The largest absolute Gasteiger partial charge is 0.497 e. The zero-order valence-corrected chi connectivity index (χ0v) is 16.1. The first kappa shape index (κ1) is 20.2. The van der Waals surface area contributed by atoms with Crippen molar-refractivity contribution in [3.8, 4) is 5.75 Å². The zero-order chi connectivity index (χ0) is 19.6. The molecule has 0 aliphatic carbocycles. The highest BCUT2D eigenvalue weighted by molar-refractivity contribution is 5.98. The number of nitrogens with zero attached hydrogens (tertiary/aromatic N) is 1. The van der Waals surface area contributed by atoms with Crippen molar-refractivity contribution < 1.29 is 14.3 Å². The van der Waals surface area contributed by atoms with Crippen LogP contribution in [0.4, 0.5) is 5.69 Å². The number of nitrogens with one attached hydrogen (secondary N) is 1. The van der Waals surface area contributed by atoms with Crippen LogP contribution in [0.25, 0.3) is 6.08 Å². The summed E-state index contributed by atoms with van der Waals surface area (Å²) in [5.74, 6) is 0.327. The summed E-state index contributed by atoms with van der Waals surface area (Å²) in [7, 11) is 1.60. The Kier molecular flexibility index (Phi) is 7.62. The smallest absolute Gasteiger partial charge is 0.247 e. The van der Waals surface area contributed by atoms with E-state index in [0.29, 0.717) is 6.54 Å². The third kappa shape index (κ3) is 6.29. The molecule has 0 aliphatic heterocycles. The average molecular weight is 366 g/mol. The number of benzene rings is 2. The van der Waals surface area contributed by atoms with Crippen LogP contribution in [0.5, 0.6) is 5.75 Å². The first-order valence-corrected chi connectivity index (χ1v) is 9.00. The molecule has 2 amide bonds. The Morgan fingerprint density at radius 3 is 2.63 bits per heavy atom. The molecule has 2 aromatic carbocycles. The SMILES string of the molecule is CCCN(CC(=O)Nc1ccccc1C)C(=O)/C=C/c1cccc(OC)c1. The molecule has 0 aromatic heterocycles. The quantitative estimate of drug-likeness (QED) is 0.721. The summed E-state index contributed by atoms with van der Waals surface area (Å²) in [6, 6.07) is 15.0. The Balaban J connectivity index is 2.02. The second-order valence-corrected chi connectivity index (χ2v) is 6.23. The van der Waals surface area contributed by atoms with Gasteiger partial charge in [-0.25, -0.2) is 0 Å². The van der Waals surface area contributed by atoms with Gasteiger partial charge in [0.05, 0.1) is 7.11 Å². The lowest BCUT2D eigenvalue weighted by Crippen LogP contribution is -2.37. The molecule has 0 saturated heterocycles. The molecule has 0 aliphatic rings. The van der Waals surface area contributed by atoms with Gasteiger partial charge in [-0.3, -0.25) is 9.59 Å². The Labute approximate surface area is 160 Å². The molecule has 142 valence electrons. The van der Waals surface area contributed by atoms with Gasteiger partial charge < -0.3 is 15.0 Å². The van der Waals surface area contributed by atoms with E-state index in [4.69, 9.17) is 4.74 Å². The van der Waals surface area contributed by atoms with Crippen LogP contribution in [0.15, 0.2) is 54.6 Å². The minimum atomic E-state index is -0.208. The van der Waals surface area contributed by atoms with Crippen molar-refractivity contribution in [1.82, 2.24) is 4.90 Å². The maximum Gasteiger partial charge on any atom is 0.247 e. The molecule has 2 rings (SSSR count). The maximum atomic E-state index is 12.5. The average Bonchev–Trinajstić information content (AvgIpc) is 2.67. The second-order valence-electron chi connectivity index (χ2n) is 6.23. The molecule has 2 aromatic rings. The van der Waals surface area contributed by atoms with E-state index < -0.39 is 0 Å². The van der Waals surface area contributed by atoms with E-state index in [1.807, 2.05) is 62.4 Å². The summed E-state index contributed by atoms with van der Waals surface area (Å²) in [6.45, 7) is 4.44. The summed E-state index contributed by atoms with van der Waals surface area (Å²) in [5.41, 5.74) is 2.61. The summed E-state index contributed by atoms with van der Waals surface area (Å²) in [4.78, 5) is 26.5. The Morgan fingerprint density at radius 2 is 1.93 bits per heavy atom. The number of para-hydroxylation sites is 1. The summed E-state index contributed by atoms with van der Waals surface area (Å²) in [6.07, 6.45) is 3.99. The summed E-state index contributed by atoms with van der Waals surface area (Å²) >= 11 is 0. The number of anilines is 1. The Bertz CT molecular complexity index is 815. The van der Waals surface area contributed by atoms with Gasteiger partial charge in [-0.1, -0.05) is 37.3 Å². The van der Waals surface area contributed by atoms with E-state index in [-0.39, 0.29) is 18.4 Å². The normalized spacial score (nSPS) is 10.6. The van der Waals surface area contributed by atoms with Gasteiger partial charge in [-0.05, 0) is 48.7 Å². The molecular formula is C22H26N2O3. The first-order chi connectivity index (χ1) is 13.0. The second kappa shape index (κ2) is 10.2. The number of carbonyl (C=O) groups is 2. The predicted octanol–water partition coefficient (Wildman–Crippen LogP) is 3.89. The van der Waals surface area contributed by atoms with Gasteiger partial charge in [-0.2, -0.15) is 0 Å². The van der Waals surface area contributed by atoms with Crippen molar-refractivity contribution >= 4 is 23.6 Å². The molecule has 0 spiro atoms. The molecule has 5 heteroatoms. The van der Waals surface area contributed by atoms with E-state index in [2.05, 4.69) is 5.32 Å². The lowest BCUT2D eigenvalue weighted by atomic mass is 10.2. The van der Waals surface area contributed by atoms with Crippen molar-refractivity contribution in [3.05, 3.63) is 65.7 Å². The van der Waals surface area contributed by atoms with Crippen molar-refractivity contribution in [2.24, 2.45) is 0 Å². The van der Waals surface area contributed by atoms with Gasteiger partial charge in [0.25, 0.3) is 0 Å². The fourth-order valence-electron chi connectivity index (χ4n) is 2.63. The van der Waals surface area contributed by atoms with Crippen LogP contribution < -0.4 is 10.1 Å². The maximum absolute atomic E-state index is 12.5. The molecule has 0 heterocycles. The van der Waals surface area contributed by atoms with Gasteiger partial charge >= 0.3 is 0 Å². The third-order valence-corrected chi connectivity index (χ3v) is 4.07. The van der Waals surface area contributed by atoms with Crippen molar-refractivity contribution in [2.75, 3.05) is 25.5 Å². The van der Waals surface area contributed by atoms with Crippen LogP contribution >= 0.6 is 0 Å². The fraction of sp³-hybridized carbons (Fsp3) is 0.273. The van der Waals surface area contributed by atoms with Gasteiger partial charge in [0.1, 0.15) is 12.3 Å². The Morgan fingerprint density at radius 1 is 1.15 bits per heavy atom. The number of rotatable bonds is 8. The molecule has 0 atom stereocenters. The first-order valence-electron chi connectivity index (χ1n) is 9.00. The topological polar surface area (TPSA) is 58.6 Å². The zero-order valence-electron chi connectivity index (χ0n) is 16.1. The molecule has 0 bridgehead atoms. The van der Waals surface area contributed by atoms with Crippen LogP contribution in [-0.2, 0) is 9.59 Å². The number of hydrogen-bond donors (Lipinski definition) is 1. The molecule has 0 unspecified atom stereocenters. The molecule has 27 heavy (non-hydrogen) atoms. The lowest BCUT2D eigenvalue weighted by Gasteiger charge is -2.20. The minimum Gasteiger partial charge on any atom is -0.497 e. The summed E-state index contributed by atoms with van der Waals surface area (Å²) in [5, 5.41) is 2.87. The predicted molar refractivity (Wildman–Crippen MR) is 109 cm³/mol. The highest BCUT2D eigenvalue weighted by atomic mass is 16.5. The van der Waals surface area contributed by atoms with Crippen LogP contribution in [0.3, 0.4) is 0 Å². The van der Waals surface area contributed by atoms with Gasteiger partial charge in [0.2, 0.25) is 11.8 Å². The number of amides is 2. The van der Waals surface area contributed by atoms with Crippen LogP contribution in [0.1, 0.15) is 24.5 Å². The van der Waals surface area contributed by atoms with Crippen LogP contribution in [0.2, 0.25) is 0 Å². The third-order valence-electron chi connectivity index (χ3n) is 4.07.